The van der Waals surface area contributed by atoms with Crippen molar-refractivity contribution in [2.24, 2.45) is 5.73 Å². The molecule has 1 aliphatic rings. The van der Waals surface area contributed by atoms with Gasteiger partial charge in [-0.3, -0.25) is 9.69 Å². The number of aliphatic hydroxyl groups excluding tert-OH is 1. The number of aliphatic hydroxyl groups is 1. The van der Waals surface area contributed by atoms with E-state index in [0.717, 1.165) is 25.8 Å². The van der Waals surface area contributed by atoms with E-state index in [9.17, 15) is 4.79 Å². The van der Waals surface area contributed by atoms with Crippen molar-refractivity contribution >= 4 is 5.91 Å². The van der Waals surface area contributed by atoms with Crippen LogP contribution in [0.1, 0.15) is 26.2 Å². The molecule has 0 radical (unpaired) electrons. The highest BCUT2D eigenvalue weighted by atomic mass is 16.3. The molecule has 1 aliphatic heterocycles. The quantitative estimate of drug-likeness (QED) is 0.634. The van der Waals surface area contributed by atoms with Crippen molar-refractivity contribution in [3.8, 4) is 0 Å². The normalized spacial score (nSPS) is 26.2. The molecule has 1 fully saturated rings. The number of carbonyl (C=O) groups excluding carboxylic acids is 1. The summed E-state index contributed by atoms with van der Waals surface area (Å²) in [6, 6.07) is -0.0582. The minimum atomic E-state index is -0.275. The van der Waals surface area contributed by atoms with E-state index in [0.29, 0.717) is 0 Å². The van der Waals surface area contributed by atoms with Crippen molar-refractivity contribution in [1.29, 1.82) is 0 Å². The molecular weight excluding hydrogens is 168 g/mol. The average molecular weight is 186 g/mol. The van der Waals surface area contributed by atoms with Gasteiger partial charge in [-0.2, -0.15) is 0 Å². The van der Waals surface area contributed by atoms with Gasteiger partial charge in [-0.05, 0) is 25.8 Å². The van der Waals surface area contributed by atoms with Crippen LogP contribution >= 0.6 is 0 Å². The average Bonchev–Trinajstić information content (AvgIpc) is 2.53. The maximum Gasteiger partial charge on any atom is 0.234 e. The lowest BCUT2D eigenvalue weighted by atomic mass is 10.1. The molecule has 0 aromatic carbocycles. The smallest absolute Gasteiger partial charge is 0.234 e. The zero-order chi connectivity index (χ0) is 9.84. The number of hydrogen-bond donors (Lipinski definition) is 2. The summed E-state index contributed by atoms with van der Waals surface area (Å²) < 4.78 is 0. The lowest BCUT2D eigenvalue weighted by Crippen LogP contribution is -2.47. The van der Waals surface area contributed by atoms with E-state index >= 15 is 0 Å². The van der Waals surface area contributed by atoms with Crippen LogP contribution in [-0.4, -0.2) is 41.1 Å². The van der Waals surface area contributed by atoms with Gasteiger partial charge in [0, 0.05) is 6.04 Å². The topological polar surface area (TPSA) is 66.6 Å². The second-order valence-electron chi connectivity index (χ2n) is 3.54. The predicted molar refractivity (Wildman–Crippen MR) is 50.1 cm³/mol. The van der Waals surface area contributed by atoms with Gasteiger partial charge in [0.2, 0.25) is 5.91 Å². The molecule has 3 N–H and O–H groups in total. The molecule has 0 bridgehead atoms. The molecule has 4 heteroatoms. The SMILES string of the molecule is CCC(C(N)=O)N1CCC[C@@H]1CO. The molecule has 0 spiro atoms. The van der Waals surface area contributed by atoms with Crippen molar-refractivity contribution < 1.29 is 9.90 Å². The van der Waals surface area contributed by atoms with Crippen LogP contribution in [0.3, 0.4) is 0 Å². The second-order valence-corrected chi connectivity index (χ2v) is 3.54. The Kier molecular flexibility index (Phi) is 3.69. The van der Waals surface area contributed by atoms with E-state index in [1.807, 2.05) is 11.8 Å². The highest BCUT2D eigenvalue weighted by molar-refractivity contribution is 5.79. The standard InChI is InChI=1S/C9H18N2O2/c1-2-8(9(10)13)11-5-3-4-7(11)6-12/h7-8,12H,2-6H2,1H3,(H2,10,13)/t7-,8?/m1/s1. The summed E-state index contributed by atoms with van der Waals surface area (Å²) in [5, 5.41) is 9.07. The Morgan fingerprint density at radius 3 is 2.92 bits per heavy atom. The predicted octanol–water partition coefficient (Wildman–Crippen LogP) is -0.293. The Morgan fingerprint density at radius 1 is 1.77 bits per heavy atom. The van der Waals surface area contributed by atoms with E-state index in [1.165, 1.54) is 0 Å². The summed E-state index contributed by atoms with van der Waals surface area (Å²) >= 11 is 0. The summed E-state index contributed by atoms with van der Waals surface area (Å²) in [7, 11) is 0. The third-order valence-electron chi connectivity index (χ3n) is 2.75. The summed E-state index contributed by atoms with van der Waals surface area (Å²) in [6.07, 6.45) is 2.75. The largest absolute Gasteiger partial charge is 0.395 e. The van der Waals surface area contributed by atoms with Gasteiger partial charge in [-0.15, -0.1) is 0 Å². The highest BCUT2D eigenvalue weighted by Crippen LogP contribution is 2.20. The number of nitrogens with zero attached hydrogens (tertiary/aromatic N) is 1. The van der Waals surface area contributed by atoms with Crippen LogP contribution < -0.4 is 5.73 Å². The molecule has 1 amide bonds. The second kappa shape index (κ2) is 4.58. The van der Waals surface area contributed by atoms with Crippen molar-refractivity contribution in [3.05, 3.63) is 0 Å². The fourth-order valence-electron chi connectivity index (χ4n) is 2.06. The van der Waals surface area contributed by atoms with Gasteiger partial charge in [0.25, 0.3) is 0 Å². The molecule has 1 unspecified atom stereocenters. The van der Waals surface area contributed by atoms with Crippen LogP contribution in [0.25, 0.3) is 0 Å². The van der Waals surface area contributed by atoms with Crippen LogP contribution in [0.15, 0.2) is 0 Å². The number of rotatable bonds is 4. The molecule has 13 heavy (non-hydrogen) atoms. The summed E-state index contributed by atoms with van der Waals surface area (Å²) in [5.74, 6) is -0.275. The van der Waals surface area contributed by atoms with E-state index in [-0.39, 0.29) is 24.6 Å². The molecule has 4 nitrogen and oxygen atoms in total. The fourth-order valence-corrected chi connectivity index (χ4v) is 2.06. The van der Waals surface area contributed by atoms with Gasteiger partial charge in [0.05, 0.1) is 12.6 Å². The van der Waals surface area contributed by atoms with Crippen LogP contribution in [-0.2, 0) is 4.79 Å². The zero-order valence-electron chi connectivity index (χ0n) is 8.07. The number of primary amides is 1. The van der Waals surface area contributed by atoms with Crippen molar-refractivity contribution in [3.63, 3.8) is 0 Å². The maximum atomic E-state index is 11.1. The Balaban J connectivity index is 2.61. The molecule has 1 rings (SSSR count). The molecule has 1 heterocycles. The lowest BCUT2D eigenvalue weighted by Gasteiger charge is -2.29. The summed E-state index contributed by atoms with van der Waals surface area (Å²) in [5.41, 5.74) is 5.28. The van der Waals surface area contributed by atoms with Gasteiger partial charge in [-0.1, -0.05) is 6.92 Å². The maximum absolute atomic E-state index is 11.1. The van der Waals surface area contributed by atoms with E-state index < -0.39 is 0 Å². The Morgan fingerprint density at radius 2 is 2.46 bits per heavy atom. The van der Waals surface area contributed by atoms with E-state index in [2.05, 4.69) is 0 Å². The summed E-state index contributed by atoms with van der Waals surface area (Å²) in [6.45, 7) is 2.96. The van der Waals surface area contributed by atoms with Crippen LogP contribution in [0.4, 0.5) is 0 Å². The molecular formula is C9H18N2O2. The van der Waals surface area contributed by atoms with Gasteiger partial charge >= 0.3 is 0 Å². The van der Waals surface area contributed by atoms with Crippen molar-refractivity contribution in [1.82, 2.24) is 4.90 Å². The Hall–Kier alpha value is -0.610. The van der Waals surface area contributed by atoms with Crippen LogP contribution in [0, 0.1) is 0 Å². The van der Waals surface area contributed by atoms with E-state index in [1.54, 1.807) is 0 Å². The van der Waals surface area contributed by atoms with Crippen LogP contribution in [0.2, 0.25) is 0 Å². The molecule has 0 aromatic rings. The van der Waals surface area contributed by atoms with Gasteiger partial charge in [-0.25, -0.2) is 0 Å². The van der Waals surface area contributed by atoms with Crippen molar-refractivity contribution in [2.75, 3.05) is 13.2 Å². The molecule has 0 aromatic heterocycles. The molecule has 1 saturated heterocycles. The Bertz CT molecular complexity index is 184. The number of hydrogen-bond acceptors (Lipinski definition) is 3. The molecule has 2 atom stereocenters. The highest BCUT2D eigenvalue weighted by Gasteiger charge is 2.31. The minimum Gasteiger partial charge on any atom is -0.395 e. The van der Waals surface area contributed by atoms with Crippen molar-refractivity contribution in [2.45, 2.75) is 38.3 Å². The lowest BCUT2D eigenvalue weighted by molar-refractivity contribution is -0.124. The molecule has 0 saturated carbocycles. The zero-order valence-corrected chi connectivity index (χ0v) is 8.07. The number of likely N-dealkylation sites (tertiary alicyclic amines) is 1. The molecule has 0 aliphatic carbocycles. The number of nitrogens with two attached hydrogens (primary N) is 1. The fraction of sp³-hybridized carbons (Fsp3) is 0.889. The molecule has 76 valence electrons. The monoisotopic (exact) mass is 186 g/mol. The third kappa shape index (κ3) is 2.19. The third-order valence-corrected chi connectivity index (χ3v) is 2.75. The number of carbonyl (C=O) groups is 1. The first-order chi connectivity index (χ1) is 6.20. The minimum absolute atomic E-state index is 0.129. The van der Waals surface area contributed by atoms with Gasteiger partial charge < -0.3 is 10.8 Å². The van der Waals surface area contributed by atoms with Gasteiger partial charge in [0.1, 0.15) is 0 Å². The van der Waals surface area contributed by atoms with Crippen LogP contribution in [0.5, 0.6) is 0 Å². The first-order valence-corrected chi connectivity index (χ1v) is 4.86. The van der Waals surface area contributed by atoms with Gasteiger partial charge in [0.15, 0.2) is 0 Å². The Labute approximate surface area is 78.7 Å². The summed E-state index contributed by atoms with van der Waals surface area (Å²) in [4.78, 5) is 13.1. The van der Waals surface area contributed by atoms with E-state index in [4.69, 9.17) is 10.8 Å². The number of amides is 1. The first-order valence-electron chi connectivity index (χ1n) is 4.86. The first kappa shape index (κ1) is 10.5.